The van der Waals surface area contributed by atoms with E-state index >= 15 is 0 Å². The molecule has 0 atom stereocenters. The predicted molar refractivity (Wildman–Crippen MR) is 110 cm³/mol. The molecule has 3 aromatic carbocycles. The Morgan fingerprint density at radius 3 is 2.28 bits per heavy atom. The Hall–Kier alpha value is -4.06. The van der Waals surface area contributed by atoms with Crippen LogP contribution in [-0.2, 0) is 0 Å². The van der Waals surface area contributed by atoms with Gasteiger partial charge in [-0.2, -0.15) is 10.2 Å². The molecule has 29 heavy (non-hydrogen) atoms. The van der Waals surface area contributed by atoms with Crippen LogP contribution < -0.4 is 5.43 Å². The largest absolute Gasteiger partial charge is 0.271 e. The van der Waals surface area contributed by atoms with Crippen molar-refractivity contribution in [2.75, 3.05) is 0 Å². The lowest BCUT2D eigenvalue weighted by molar-refractivity contribution is 0.0955. The lowest BCUT2D eigenvalue weighted by atomic mass is 10.1. The number of benzene rings is 3. The van der Waals surface area contributed by atoms with Crippen molar-refractivity contribution in [2.45, 2.75) is 0 Å². The zero-order valence-corrected chi connectivity index (χ0v) is 15.4. The van der Waals surface area contributed by atoms with Crippen LogP contribution in [0.1, 0.15) is 15.9 Å². The monoisotopic (exact) mass is 384 g/mol. The SMILES string of the molecule is O=C(N/N=C/c1cn(-c2ccccc2)nc1-c1ccc(F)cc1)c1ccccc1. The molecule has 1 amide bonds. The Labute approximate surface area is 167 Å². The minimum Gasteiger partial charge on any atom is -0.267 e. The third kappa shape index (κ3) is 4.27. The zero-order chi connectivity index (χ0) is 20.1. The van der Waals surface area contributed by atoms with Crippen LogP contribution in [0.25, 0.3) is 16.9 Å². The van der Waals surface area contributed by atoms with E-state index in [0.717, 1.165) is 11.3 Å². The molecule has 0 radical (unpaired) electrons. The van der Waals surface area contributed by atoms with Crippen LogP contribution in [-0.4, -0.2) is 21.9 Å². The molecule has 0 aliphatic rings. The molecule has 5 nitrogen and oxygen atoms in total. The highest BCUT2D eigenvalue weighted by molar-refractivity contribution is 5.95. The fraction of sp³-hybridized carbons (Fsp3) is 0. The summed E-state index contributed by atoms with van der Waals surface area (Å²) < 4.78 is 15.0. The van der Waals surface area contributed by atoms with Crippen molar-refractivity contribution in [1.82, 2.24) is 15.2 Å². The van der Waals surface area contributed by atoms with Gasteiger partial charge in [0, 0.05) is 22.9 Å². The average Bonchev–Trinajstić information content (AvgIpc) is 3.19. The number of carbonyl (C=O) groups excluding carboxylic acids is 1. The smallest absolute Gasteiger partial charge is 0.267 e. The van der Waals surface area contributed by atoms with Crippen molar-refractivity contribution in [1.29, 1.82) is 0 Å². The van der Waals surface area contributed by atoms with Crippen LogP contribution in [0, 0.1) is 5.82 Å². The summed E-state index contributed by atoms with van der Waals surface area (Å²) in [5, 5.41) is 8.70. The van der Waals surface area contributed by atoms with E-state index in [0.29, 0.717) is 16.8 Å². The maximum atomic E-state index is 13.3. The molecule has 4 aromatic rings. The number of hydrogen-bond acceptors (Lipinski definition) is 3. The van der Waals surface area contributed by atoms with Gasteiger partial charge in [-0.15, -0.1) is 0 Å². The number of hydrogen-bond donors (Lipinski definition) is 1. The van der Waals surface area contributed by atoms with Crippen molar-refractivity contribution < 1.29 is 9.18 Å². The first-order valence-corrected chi connectivity index (χ1v) is 9.00. The summed E-state index contributed by atoms with van der Waals surface area (Å²) in [5.41, 5.74) is 5.98. The molecule has 1 heterocycles. The molecule has 1 aromatic heterocycles. The highest BCUT2D eigenvalue weighted by atomic mass is 19.1. The van der Waals surface area contributed by atoms with Gasteiger partial charge in [-0.25, -0.2) is 14.5 Å². The normalized spacial score (nSPS) is 10.9. The second-order valence-electron chi connectivity index (χ2n) is 6.29. The van der Waals surface area contributed by atoms with Gasteiger partial charge in [0.15, 0.2) is 0 Å². The summed E-state index contributed by atoms with van der Waals surface area (Å²) in [6, 6.07) is 24.5. The highest BCUT2D eigenvalue weighted by Crippen LogP contribution is 2.23. The molecule has 0 fully saturated rings. The Morgan fingerprint density at radius 1 is 0.931 bits per heavy atom. The van der Waals surface area contributed by atoms with E-state index in [1.807, 2.05) is 42.6 Å². The standard InChI is InChI=1S/C23H17FN4O/c24-20-13-11-17(12-14-20)22-19(16-28(27-22)21-9-5-2-6-10-21)15-25-26-23(29)18-7-3-1-4-8-18/h1-16H,(H,26,29)/b25-15+. The third-order valence-corrected chi connectivity index (χ3v) is 4.29. The van der Waals surface area contributed by atoms with E-state index in [1.54, 1.807) is 41.1 Å². The van der Waals surface area contributed by atoms with E-state index in [2.05, 4.69) is 15.6 Å². The van der Waals surface area contributed by atoms with E-state index in [4.69, 9.17) is 0 Å². The van der Waals surface area contributed by atoms with Gasteiger partial charge in [-0.05, 0) is 48.5 Å². The van der Waals surface area contributed by atoms with Crippen molar-refractivity contribution >= 4 is 12.1 Å². The average molecular weight is 384 g/mol. The molecule has 0 aliphatic heterocycles. The first kappa shape index (κ1) is 18.3. The molecule has 0 bridgehead atoms. The molecule has 0 saturated carbocycles. The lowest BCUT2D eigenvalue weighted by Gasteiger charge is -2.00. The van der Waals surface area contributed by atoms with Crippen molar-refractivity contribution in [3.8, 4) is 16.9 Å². The summed E-state index contributed by atoms with van der Waals surface area (Å²) in [7, 11) is 0. The Bertz CT molecular complexity index is 1140. The summed E-state index contributed by atoms with van der Waals surface area (Å²) in [5.74, 6) is -0.623. The Kier molecular flexibility index (Phi) is 5.25. The summed E-state index contributed by atoms with van der Waals surface area (Å²) >= 11 is 0. The number of aromatic nitrogens is 2. The molecule has 4 rings (SSSR count). The van der Waals surface area contributed by atoms with Gasteiger partial charge in [-0.3, -0.25) is 4.79 Å². The van der Waals surface area contributed by atoms with Gasteiger partial charge < -0.3 is 0 Å². The van der Waals surface area contributed by atoms with Crippen LogP contribution >= 0.6 is 0 Å². The quantitative estimate of drug-likeness (QED) is 0.408. The maximum Gasteiger partial charge on any atom is 0.271 e. The van der Waals surface area contributed by atoms with E-state index in [1.165, 1.54) is 18.3 Å². The van der Waals surface area contributed by atoms with Gasteiger partial charge >= 0.3 is 0 Å². The van der Waals surface area contributed by atoms with Gasteiger partial charge in [0.25, 0.3) is 5.91 Å². The Morgan fingerprint density at radius 2 is 1.59 bits per heavy atom. The van der Waals surface area contributed by atoms with Gasteiger partial charge in [0.2, 0.25) is 0 Å². The number of halogens is 1. The summed E-state index contributed by atoms with van der Waals surface area (Å²) in [4.78, 5) is 12.2. The zero-order valence-electron chi connectivity index (χ0n) is 15.4. The second kappa shape index (κ2) is 8.31. The first-order chi connectivity index (χ1) is 14.2. The van der Waals surface area contributed by atoms with Crippen molar-refractivity contribution in [2.24, 2.45) is 5.10 Å². The number of amides is 1. The molecular formula is C23H17FN4O. The molecule has 0 spiro atoms. The Balaban J connectivity index is 1.64. The molecule has 1 N–H and O–H groups in total. The number of hydrazone groups is 1. The molecule has 142 valence electrons. The van der Waals surface area contributed by atoms with Crippen LogP contribution in [0.15, 0.2) is 96.2 Å². The molecule has 0 saturated heterocycles. The second-order valence-corrected chi connectivity index (χ2v) is 6.29. The molecule has 6 heteroatoms. The summed E-state index contributed by atoms with van der Waals surface area (Å²) in [6.07, 6.45) is 3.35. The number of nitrogens with zero attached hydrogens (tertiary/aromatic N) is 3. The third-order valence-electron chi connectivity index (χ3n) is 4.29. The molecule has 0 aliphatic carbocycles. The van der Waals surface area contributed by atoms with Crippen molar-refractivity contribution in [3.05, 3.63) is 108 Å². The van der Waals surface area contributed by atoms with Crippen LogP contribution in [0.2, 0.25) is 0 Å². The number of para-hydroxylation sites is 1. The fourth-order valence-corrected chi connectivity index (χ4v) is 2.84. The van der Waals surface area contributed by atoms with Crippen LogP contribution in [0.4, 0.5) is 4.39 Å². The minimum atomic E-state index is -0.318. The van der Waals surface area contributed by atoms with Gasteiger partial charge in [0.05, 0.1) is 11.9 Å². The molecular weight excluding hydrogens is 367 g/mol. The van der Waals surface area contributed by atoms with Crippen molar-refractivity contribution in [3.63, 3.8) is 0 Å². The predicted octanol–water partition coefficient (Wildman–Crippen LogP) is 4.44. The van der Waals surface area contributed by atoms with E-state index < -0.39 is 0 Å². The van der Waals surface area contributed by atoms with Crippen LogP contribution in [0.3, 0.4) is 0 Å². The lowest BCUT2D eigenvalue weighted by Crippen LogP contribution is -2.17. The van der Waals surface area contributed by atoms with Gasteiger partial charge in [0.1, 0.15) is 11.5 Å². The topological polar surface area (TPSA) is 59.3 Å². The number of rotatable bonds is 5. The number of nitrogens with one attached hydrogen (secondary N) is 1. The fourth-order valence-electron chi connectivity index (χ4n) is 2.84. The maximum absolute atomic E-state index is 13.3. The number of carbonyl (C=O) groups is 1. The minimum absolute atomic E-state index is 0.305. The van der Waals surface area contributed by atoms with Gasteiger partial charge in [-0.1, -0.05) is 36.4 Å². The van der Waals surface area contributed by atoms with Crippen LogP contribution in [0.5, 0.6) is 0 Å². The highest BCUT2D eigenvalue weighted by Gasteiger charge is 2.11. The van der Waals surface area contributed by atoms with E-state index in [-0.39, 0.29) is 11.7 Å². The molecule has 0 unspecified atom stereocenters. The van der Waals surface area contributed by atoms with E-state index in [9.17, 15) is 9.18 Å². The first-order valence-electron chi connectivity index (χ1n) is 9.00. The summed E-state index contributed by atoms with van der Waals surface area (Å²) in [6.45, 7) is 0.